The summed E-state index contributed by atoms with van der Waals surface area (Å²) < 4.78 is 19.2. The van der Waals surface area contributed by atoms with Crippen molar-refractivity contribution in [2.24, 2.45) is 0 Å². The minimum absolute atomic E-state index is 0.0679. The van der Waals surface area contributed by atoms with Crippen LogP contribution in [0.1, 0.15) is 28.5 Å². The second kappa shape index (κ2) is 12.1. The molecule has 0 saturated carbocycles. The van der Waals surface area contributed by atoms with Crippen LogP contribution in [-0.4, -0.2) is 29.4 Å². The van der Waals surface area contributed by atoms with Gasteiger partial charge in [-0.3, -0.25) is 14.3 Å². The number of aryl methyl sites for hydroxylation is 1. The van der Waals surface area contributed by atoms with Crippen molar-refractivity contribution in [2.45, 2.75) is 24.9 Å². The molecule has 1 heterocycles. The van der Waals surface area contributed by atoms with Crippen molar-refractivity contribution < 1.29 is 14.2 Å². The van der Waals surface area contributed by atoms with Gasteiger partial charge in [0, 0.05) is 11.8 Å². The third kappa shape index (κ3) is 5.71. The van der Waals surface area contributed by atoms with Gasteiger partial charge in [-0.05, 0) is 35.7 Å². The van der Waals surface area contributed by atoms with Gasteiger partial charge in [0.05, 0.1) is 13.7 Å². The summed E-state index contributed by atoms with van der Waals surface area (Å²) in [7, 11) is 1.61. The molecule has 7 nitrogen and oxygen atoms in total. The van der Waals surface area contributed by atoms with Gasteiger partial charge < -0.3 is 14.2 Å². The predicted molar refractivity (Wildman–Crippen MR) is 149 cm³/mol. The molecule has 0 aliphatic rings. The largest absolute Gasteiger partial charge is 0.497 e. The minimum atomic E-state index is -1.17. The molecule has 0 fully saturated rings. The smallest absolute Gasteiger partial charge is 0.331 e. The molecule has 39 heavy (non-hydrogen) atoms. The number of aromatic amines is 1. The van der Waals surface area contributed by atoms with E-state index < -0.39 is 29.2 Å². The molecule has 0 spiro atoms. The van der Waals surface area contributed by atoms with E-state index in [0.717, 1.165) is 21.3 Å². The molecule has 0 saturated heterocycles. The highest BCUT2D eigenvalue weighted by Crippen LogP contribution is 2.41. The first-order chi connectivity index (χ1) is 18.9. The fourth-order valence-corrected chi connectivity index (χ4v) is 4.35. The van der Waals surface area contributed by atoms with Crippen LogP contribution in [0.5, 0.6) is 5.75 Å². The molecule has 4 aromatic rings. The molecular formula is C32H28N2O5. The van der Waals surface area contributed by atoms with E-state index in [0.29, 0.717) is 11.3 Å². The number of nitrogens with zero attached hydrogens (tertiary/aromatic N) is 1. The number of H-pyrrole nitrogens is 1. The second-order valence-corrected chi connectivity index (χ2v) is 8.74. The Kier molecular flexibility index (Phi) is 8.48. The van der Waals surface area contributed by atoms with Crippen molar-refractivity contribution in [3.8, 4) is 30.4 Å². The van der Waals surface area contributed by atoms with Crippen LogP contribution in [0.3, 0.4) is 0 Å². The second-order valence-electron chi connectivity index (χ2n) is 8.74. The van der Waals surface area contributed by atoms with Gasteiger partial charge in [-0.25, -0.2) is 4.79 Å². The van der Waals surface area contributed by atoms with Crippen molar-refractivity contribution in [3.05, 3.63) is 134 Å². The van der Waals surface area contributed by atoms with E-state index >= 15 is 0 Å². The lowest BCUT2D eigenvalue weighted by molar-refractivity contribution is -0.0730. The average molecular weight is 529 g/mol. The third-order valence-electron chi connectivity index (χ3n) is 6.33. The van der Waals surface area contributed by atoms with Gasteiger partial charge in [0.2, 0.25) is 6.23 Å². The number of methoxy groups -OCH3 is 1. The first-order valence-corrected chi connectivity index (χ1v) is 12.2. The van der Waals surface area contributed by atoms with Crippen LogP contribution >= 0.6 is 0 Å². The van der Waals surface area contributed by atoms with Crippen molar-refractivity contribution in [1.29, 1.82) is 0 Å². The van der Waals surface area contributed by atoms with Gasteiger partial charge in [-0.1, -0.05) is 84.6 Å². The highest BCUT2D eigenvalue weighted by molar-refractivity contribution is 5.48. The minimum Gasteiger partial charge on any atom is -0.497 e. The van der Waals surface area contributed by atoms with Crippen molar-refractivity contribution in [1.82, 2.24) is 9.55 Å². The normalized spacial score (nSPS) is 12.6. The van der Waals surface area contributed by atoms with Gasteiger partial charge in [0.25, 0.3) is 5.56 Å². The summed E-state index contributed by atoms with van der Waals surface area (Å²) >= 11 is 0. The molecule has 0 unspecified atom stereocenters. The maximum absolute atomic E-state index is 12.4. The topological polar surface area (TPSA) is 82.6 Å². The summed E-state index contributed by atoms with van der Waals surface area (Å²) in [6.07, 6.45) is 10.8. The lowest BCUT2D eigenvalue weighted by Crippen LogP contribution is -2.38. The van der Waals surface area contributed by atoms with Crippen LogP contribution in [0.25, 0.3) is 0 Å². The quantitative estimate of drug-likeness (QED) is 0.191. The summed E-state index contributed by atoms with van der Waals surface area (Å²) in [5.41, 5.74) is 0.627. The predicted octanol–water partition coefficient (Wildman–Crippen LogP) is 4.01. The zero-order chi connectivity index (χ0) is 27.8. The standard InChI is InChI=1S/C32H28N2O5/c1-5-27(39-29(6-2)34-21-23(3)30(35)33-31(34)36)22-38-32(24-13-9-7-10-14-24,25-15-11-8-12-16-25)26-17-19-28(37-4)20-18-26/h1-2,7-21,27,29H,22H2,3-4H3,(H,33,35,36)/t27-,29+/m0/s1/i5+1,6+1,21+1,22+1,27+1,29+1,33+1,34+1. The van der Waals surface area contributed by atoms with Crippen LogP contribution in [0.2, 0.25) is 0 Å². The van der Waals surface area contributed by atoms with Gasteiger partial charge in [-0.15, -0.1) is 12.8 Å². The van der Waals surface area contributed by atoms with Gasteiger partial charge >= 0.3 is 5.69 Å². The highest BCUT2D eigenvalue weighted by atomic mass is 16.7. The first-order valence-electron chi connectivity index (χ1n) is 12.2. The Balaban J connectivity index is 1.75. The summed E-state index contributed by atoms with van der Waals surface area (Å²) in [5.74, 6) is 5.71. The Morgan fingerprint density at radius 2 is 1.44 bits per heavy atom. The monoisotopic (exact) mass is 528 g/mol. The van der Waals surface area contributed by atoms with Crippen LogP contribution in [0.4, 0.5) is 0 Å². The molecule has 1 aromatic heterocycles. The van der Waals surface area contributed by atoms with Gasteiger partial charge in [0.1, 0.15) is 17.5 Å². The molecule has 0 aliphatic heterocycles. The number of ether oxygens (including phenoxy) is 3. The Bertz CT molecular complexity index is 1550. The lowest BCUT2D eigenvalue weighted by Gasteiger charge is -2.37. The maximum Gasteiger partial charge on any atom is 0.331 e. The van der Waals surface area contributed by atoms with E-state index in [4.69, 9.17) is 27.1 Å². The number of rotatable bonds is 10. The van der Waals surface area contributed by atoms with E-state index in [1.807, 2.05) is 84.9 Å². The Hall–Kier alpha value is -4.82. The maximum atomic E-state index is 12.4. The van der Waals surface area contributed by atoms with E-state index in [1.54, 1.807) is 14.0 Å². The van der Waals surface area contributed by atoms with Gasteiger partial charge in [0.15, 0.2) is 0 Å². The van der Waals surface area contributed by atoms with E-state index in [2.05, 4.69) is 16.8 Å². The molecule has 0 bridgehead atoms. The summed E-state index contributed by atoms with van der Waals surface area (Å²) in [5, 5.41) is 0. The molecule has 1 N–H and O–H groups in total. The molecule has 0 amide bonds. The zero-order valence-electron chi connectivity index (χ0n) is 21.7. The van der Waals surface area contributed by atoms with Crippen LogP contribution < -0.4 is 16.0 Å². The number of hydrogen-bond donors (Lipinski definition) is 1. The summed E-state index contributed by atoms with van der Waals surface area (Å²) in [4.78, 5) is 26.5. The third-order valence-corrected chi connectivity index (χ3v) is 6.33. The number of nitrogens with one attached hydrogen (secondary N) is 1. The molecule has 2 atom stereocenters. The molecular weight excluding hydrogens is 500 g/mol. The Morgan fingerprint density at radius 1 is 0.872 bits per heavy atom. The fourth-order valence-electron chi connectivity index (χ4n) is 4.35. The Morgan fingerprint density at radius 3 is 1.95 bits per heavy atom. The Labute approximate surface area is 227 Å². The number of terminal acetylenes is 2. The van der Waals surface area contributed by atoms with E-state index in [-0.39, 0.29) is 6.61 Å². The van der Waals surface area contributed by atoms with Crippen LogP contribution in [-0.2, 0) is 15.1 Å². The molecule has 3 aromatic carbocycles. The van der Waals surface area contributed by atoms with Gasteiger partial charge in [-0.2, -0.15) is 0 Å². The molecule has 0 aliphatic carbocycles. The molecule has 196 valence electrons. The number of hydrogen-bond acceptors (Lipinski definition) is 5. The fraction of sp³-hybridized carbons (Fsp3) is 0.188. The average Bonchev–Trinajstić information content (AvgIpc) is 2.98. The molecule has 4 rings (SSSR count). The first kappa shape index (κ1) is 27.2. The molecule has 7 heteroatoms. The van der Waals surface area contributed by atoms with Crippen LogP contribution in [0.15, 0.2) is 101 Å². The van der Waals surface area contributed by atoms with Crippen molar-refractivity contribution in [2.75, 3.05) is 13.7 Å². The summed E-state index contributed by atoms with van der Waals surface area (Å²) in [6, 6.07) is 27.2. The molecule has 0 radical (unpaired) electrons. The zero-order valence-corrected chi connectivity index (χ0v) is 21.7. The number of benzene rings is 3. The summed E-state index contributed by atoms with van der Waals surface area (Å²) in [6.45, 7) is 1.49. The van der Waals surface area contributed by atoms with Crippen LogP contribution in [0, 0.1) is 31.6 Å². The van der Waals surface area contributed by atoms with Crippen molar-refractivity contribution in [3.63, 3.8) is 0 Å². The highest BCUT2D eigenvalue weighted by Gasteiger charge is 2.38. The number of aromatic nitrogens is 2. The SMILES string of the molecule is C#[13C][13C@@H]([13CH2]OC(c1ccccc1)(c1ccccc1)c1ccc(OC)cc1)O[13C@H]([13C]#C)[15n]1[13cH]c(C)c(=O)[15nH]c1=O. The van der Waals surface area contributed by atoms with Crippen molar-refractivity contribution >= 4 is 0 Å². The lowest BCUT2D eigenvalue weighted by atomic mass is 9.80. The van der Waals surface area contributed by atoms with E-state index in [9.17, 15) is 9.59 Å². The van der Waals surface area contributed by atoms with E-state index in [1.165, 1.54) is 6.20 Å².